The lowest BCUT2D eigenvalue weighted by atomic mass is 10.1. The van der Waals surface area contributed by atoms with Gasteiger partial charge in [-0.25, -0.2) is 8.42 Å². The Morgan fingerprint density at radius 2 is 1.71 bits per heavy atom. The molecule has 2 aromatic carbocycles. The normalized spacial score (nSPS) is 12.2. The summed E-state index contributed by atoms with van der Waals surface area (Å²) in [7, 11) is -3.75. The van der Waals surface area contributed by atoms with Gasteiger partial charge in [0.15, 0.2) is 0 Å². The number of carbonyl (C=O) groups excluding carboxylic acids is 2. The van der Waals surface area contributed by atoms with Gasteiger partial charge in [0, 0.05) is 13.1 Å². The number of benzene rings is 2. The Hall–Kier alpha value is -2.87. The van der Waals surface area contributed by atoms with Crippen LogP contribution >= 0.6 is 0 Å². The summed E-state index contributed by atoms with van der Waals surface area (Å²) < 4.78 is 26.6. The molecule has 0 heterocycles. The molecule has 1 N–H and O–H groups in total. The van der Waals surface area contributed by atoms with Crippen LogP contribution in [0.5, 0.6) is 0 Å². The minimum atomic E-state index is -3.75. The topological polar surface area (TPSA) is 86.8 Å². The summed E-state index contributed by atoms with van der Waals surface area (Å²) in [4.78, 5) is 28.1. The van der Waals surface area contributed by atoms with E-state index in [4.69, 9.17) is 0 Å². The summed E-state index contributed by atoms with van der Waals surface area (Å²) in [5.41, 5.74) is 4.11. The Labute approximate surface area is 204 Å². The van der Waals surface area contributed by atoms with Crippen LogP contribution in [0.3, 0.4) is 0 Å². The third-order valence-electron chi connectivity index (χ3n) is 5.89. The highest BCUT2D eigenvalue weighted by atomic mass is 32.2. The van der Waals surface area contributed by atoms with Crippen molar-refractivity contribution in [3.05, 3.63) is 64.7 Å². The van der Waals surface area contributed by atoms with Crippen LogP contribution < -0.4 is 9.62 Å². The van der Waals surface area contributed by atoms with E-state index in [1.807, 2.05) is 65.0 Å². The van der Waals surface area contributed by atoms with Crippen molar-refractivity contribution >= 4 is 27.5 Å². The number of aryl methyl sites for hydroxylation is 2. The van der Waals surface area contributed by atoms with Crippen molar-refractivity contribution in [1.29, 1.82) is 0 Å². The van der Waals surface area contributed by atoms with E-state index in [1.165, 1.54) is 4.90 Å². The van der Waals surface area contributed by atoms with Gasteiger partial charge in [-0.05, 0) is 56.4 Å². The molecule has 186 valence electrons. The first-order chi connectivity index (χ1) is 16.0. The highest BCUT2D eigenvalue weighted by molar-refractivity contribution is 7.92. The summed E-state index contributed by atoms with van der Waals surface area (Å²) in [6.45, 7) is 9.86. The van der Waals surface area contributed by atoms with Crippen molar-refractivity contribution in [1.82, 2.24) is 10.2 Å². The fourth-order valence-corrected chi connectivity index (χ4v) is 4.79. The van der Waals surface area contributed by atoms with Crippen LogP contribution in [-0.4, -0.2) is 50.5 Å². The van der Waals surface area contributed by atoms with E-state index in [0.717, 1.165) is 39.2 Å². The van der Waals surface area contributed by atoms with Gasteiger partial charge in [-0.3, -0.25) is 13.9 Å². The smallest absolute Gasteiger partial charge is 0.244 e. The van der Waals surface area contributed by atoms with E-state index < -0.39 is 22.0 Å². The van der Waals surface area contributed by atoms with Gasteiger partial charge in [0.1, 0.15) is 12.6 Å². The van der Waals surface area contributed by atoms with Gasteiger partial charge >= 0.3 is 0 Å². The van der Waals surface area contributed by atoms with Gasteiger partial charge in [-0.15, -0.1) is 0 Å². The Morgan fingerprint density at radius 3 is 2.29 bits per heavy atom. The molecule has 2 rings (SSSR count). The van der Waals surface area contributed by atoms with Gasteiger partial charge < -0.3 is 10.2 Å². The van der Waals surface area contributed by atoms with Crippen molar-refractivity contribution in [2.24, 2.45) is 0 Å². The molecule has 0 aromatic heterocycles. The molecule has 0 saturated carbocycles. The van der Waals surface area contributed by atoms with Crippen LogP contribution in [0.2, 0.25) is 0 Å². The minimum Gasteiger partial charge on any atom is -0.354 e. The summed E-state index contributed by atoms with van der Waals surface area (Å²) >= 11 is 0. The zero-order valence-corrected chi connectivity index (χ0v) is 21.9. The average Bonchev–Trinajstić information content (AvgIpc) is 2.77. The van der Waals surface area contributed by atoms with Crippen molar-refractivity contribution < 1.29 is 18.0 Å². The molecule has 0 spiro atoms. The fraction of sp³-hybridized carbons (Fsp3) is 0.462. The zero-order valence-electron chi connectivity index (χ0n) is 21.1. The van der Waals surface area contributed by atoms with Crippen LogP contribution in [0, 0.1) is 20.8 Å². The number of amides is 2. The van der Waals surface area contributed by atoms with Gasteiger partial charge in [0.2, 0.25) is 21.8 Å². The van der Waals surface area contributed by atoms with Crippen LogP contribution in [0.25, 0.3) is 0 Å². The third-order valence-corrected chi connectivity index (χ3v) is 7.02. The molecule has 2 aromatic rings. The minimum absolute atomic E-state index is 0.211. The number of nitrogens with one attached hydrogen (secondary N) is 1. The Bertz CT molecular complexity index is 1110. The molecule has 2 amide bonds. The molecule has 0 aliphatic rings. The van der Waals surface area contributed by atoms with Crippen LogP contribution in [0.4, 0.5) is 5.69 Å². The number of anilines is 1. The van der Waals surface area contributed by atoms with Crippen molar-refractivity contribution in [2.75, 3.05) is 23.7 Å². The molecule has 0 aliphatic carbocycles. The van der Waals surface area contributed by atoms with Gasteiger partial charge in [0.05, 0.1) is 11.9 Å². The number of hydrogen-bond acceptors (Lipinski definition) is 4. The van der Waals surface area contributed by atoms with Crippen molar-refractivity contribution in [3.8, 4) is 0 Å². The maximum atomic E-state index is 13.7. The molecular formula is C26H37N3O4S. The third kappa shape index (κ3) is 7.06. The Balaban J connectivity index is 2.47. The summed E-state index contributed by atoms with van der Waals surface area (Å²) in [5.74, 6) is -0.658. The number of sulfonamides is 1. The van der Waals surface area contributed by atoms with Gasteiger partial charge in [-0.2, -0.15) is 0 Å². The first kappa shape index (κ1) is 27.4. The molecule has 1 unspecified atom stereocenters. The molecule has 1 atom stereocenters. The predicted molar refractivity (Wildman–Crippen MR) is 137 cm³/mol. The lowest BCUT2D eigenvalue weighted by Crippen LogP contribution is -2.52. The van der Waals surface area contributed by atoms with E-state index in [9.17, 15) is 18.0 Å². The quantitative estimate of drug-likeness (QED) is 0.523. The molecule has 7 nitrogen and oxygen atoms in total. The largest absolute Gasteiger partial charge is 0.354 e. The highest BCUT2D eigenvalue weighted by Gasteiger charge is 2.32. The van der Waals surface area contributed by atoms with E-state index >= 15 is 0 Å². The second kappa shape index (κ2) is 12.0. The predicted octanol–water partition coefficient (Wildman–Crippen LogP) is 3.71. The number of carbonyl (C=O) groups is 2. The average molecular weight is 488 g/mol. The fourth-order valence-electron chi connectivity index (χ4n) is 3.89. The molecule has 0 saturated heterocycles. The lowest BCUT2D eigenvalue weighted by molar-refractivity contribution is -0.140. The maximum Gasteiger partial charge on any atom is 0.244 e. The Morgan fingerprint density at radius 1 is 1.03 bits per heavy atom. The second-order valence-electron chi connectivity index (χ2n) is 8.71. The van der Waals surface area contributed by atoms with Crippen LogP contribution in [0.15, 0.2) is 42.5 Å². The first-order valence-corrected chi connectivity index (χ1v) is 13.5. The summed E-state index contributed by atoms with van der Waals surface area (Å²) in [6, 6.07) is 12.4. The number of hydrogen-bond donors (Lipinski definition) is 1. The van der Waals surface area contributed by atoms with E-state index in [1.54, 1.807) is 12.1 Å². The van der Waals surface area contributed by atoms with Crippen molar-refractivity contribution in [3.63, 3.8) is 0 Å². The standard InChI is InChI=1S/C26H37N3O4S/c1-7-15-27-26(31)23(8-2)28(17-22-13-9-11-19(3)16-22)25(30)18-29(34(6,32)33)24-14-10-12-20(4)21(24)5/h9-14,16,23H,7-8,15,17-18H2,1-6H3,(H,27,31). The van der Waals surface area contributed by atoms with Gasteiger partial charge in [0.25, 0.3) is 0 Å². The molecule has 8 heteroatoms. The molecule has 0 fully saturated rings. The van der Waals surface area contributed by atoms with Crippen LogP contribution in [0.1, 0.15) is 48.9 Å². The van der Waals surface area contributed by atoms with E-state index in [0.29, 0.717) is 18.7 Å². The SMILES string of the molecule is CCCNC(=O)C(CC)N(Cc1cccc(C)c1)C(=O)CN(c1cccc(C)c1C)S(C)(=O)=O. The van der Waals surface area contributed by atoms with Crippen molar-refractivity contribution in [2.45, 2.75) is 60.0 Å². The number of nitrogens with zero attached hydrogens (tertiary/aromatic N) is 2. The maximum absolute atomic E-state index is 13.7. The lowest BCUT2D eigenvalue weighted by Gasteiger charge is -2.33. The van der Waals surface area contributed by atoms with E-state index in [2.05, 4.69) is 5.32 Å². The zero-order chi connectivity index (χ0) is 25.5. The number of rotatable bonds is 11. The molecular weight excluding hydrogens is 450 g/mol. The van der Waals surface area contributed by atoms with Gasteiger partial charge in [-0.1, -0.05) is 55.8 Å². The first-order valence-electron chi connectivity index (χ1n) is 11.7. The summed E-state index contributed by atoms with van der Waals surface area (Å²) in [5, 5.41) is 2.88. The molecule has 0 aliphatic heterocycles. The Kier molecular flexibility index (Phi) is 9.67. The summed E-state index contributed by atoms with van der Waals surface area (Å²) in [6.07, 6.45) is 2.29. The second-order valence-corrected chi connectivity index (χ2v) is 10.6. The monoisotopic (exact) mass is 487 g/mol. The highest BCUT2D eigenvalue weighted by Crippen LogP contribution is 2.25. The molecule has 0 radical (unpaired) electrons. The van der Waals surface area contributed by atoms with Crippen LogP contribution in [-0.2, 0) is 26.2 Å². The molecule has 34 heavy (non-hydrogen) atoms. The van der Waals surface area contributed by atoms with E-state index in [-0.39, 0.29) is 19.0 Å². The molecule has 0 bridgehead atoms.